The van der Waals surface area contributed by atoms with Crippen molar-refractivity contribution < 1.29 is 0 Å². The summed E-state index contributed by atoms with van der Waals surface area (Å²) in [6, 6.07) is 11.9. The zero-order valence-corrected chi connectivity index (χ0v) is 19.0. The molecule has 0 spiro atoms. The van der Waals surface area contributed by atoms with Gasteiger partial charge < -0.3 is 5.32 Å². The average molecular weight is 437 g/mol. The first-order valence-electron chi connectivity index (χ1n) is 10.8. The van der Waals surface area contributed by atoms with Crippen LogP contribution in [0.25, 0.3) is 33.4 Å². The molecule has 5 aromatic rings. The molecule has 8 nitrogen and oxygen atoms in total. The number of rotatable bonds is 5. The van der Waals surface area contributed by atoms with E-state index < -0.39 is 0 Å². The van der Waals surface area contributed by atoms with Gasteiger partial charge >= 0.3 is 0 Å². The molecule has 0 fully saturated rings. The number of nitrogens with one attached hydrogen (secondary N) is 1. The van der Waals surface area contributed by atoms with Crippen molar-refractivity contribution >= 4 is 22.7 Å². The molecule has 5 heterocycles. The number of hydrogen-bond donors (Lipinski definition) is 1. The van der Waals surface area contributed by atoms with Crippen molar-refractivity contribution in [3.05, 3.63) is 72.4 Å². The highest BCUT2D eigenvalue weighted by atomic mass is 15.3. The molecule has 0 aliphatic heterocycles. The highest BCUT2D eigenvalue weighted by Crippen LogP contribution is 2.32. The van der Waals surface area contributed by atoms with Gasteiger partial charge in [0.1, 0.15) is 11.5 Å². The molecule has 0 aliphatic rings. The third-order valence-electron chi connectivity index (χ3n) is 5.45. The van der Waals surface area contributed by atoms with Crippen LogP contribution in [0.1, 0.15) is 31.0 Å². The van der Waals surface area contributed by atoms with E-state index in [9.17, 15) is 0 Å². The van der Waals surface area contributed by atoms with E-state index >= 15 is 0 Å². The van der Waals surface area contributed by atoms with Gasteiger partial charge in [-0.25, -0.2) is 4.98 Å². The van der Waals surface area contributed by atoms with Gasteiger partial charge in [0, 0.05) is 48.0 Å². The summed E-state index contributed by atoms with van der Waals surface area (Å²) in [7, 11) is 1.92. The number of nitrogens with zero attached hydrogens (tertiary/aromatic N) is 7. The van der Waals surface area contributed by atoms with E-state index in [4.69, 9.17) is 4.98 Å². The fraction of sp³-hybridized carbons (Fsp3) is 0.200. The minimum Gasteiger partial charge on any atom is -0.323 e. The van der Waals surface area contributed by atoms with E-state index in [0.717, 1.165) is 44.7 Å². The predicted molar refractivity (Wildman–Crippen MR) is 129 cm³/mol. The van der Waals surface area contributed by atoms with Gasteiger partial charge in [0.05, 0.1) is 17.2 Å². The largest absolute Gasteiger partial charge is 0.323 e. The Labute approximate surface area is 191 Å². The molecule has 8 heteroatoms. The minimum atomic E-state index is 0.371. The Morgan fingerprint density at radius 3 is 2.61 bits per heavy atom. The summed E-state index contributed by atoms with van der Waals surface area (Å²) in [4.78, 5) is 13.7. The number of hydrogen-bond acceptors (Lipinski definition) is 7. The summed E-state index contributed by atoms with van der Waals surface area (Å²) >= 11 is 0. The Morgan fingerprint density at radius 1 is 0.909 bits per heavy atom. The van der Waals surface area contributed by atoms with Crippen molar-refractivity contribution in [2.45, 2.75) is 26.7 Å². The first kappa shape index (κ1) is 20.7. The quantitative estimate of drug-likeness (QED) is 0.411. The second-order valence-electron chi connectivity index (χ2n) is 8.36. The molecular formula is C25H24N8. The van der Waals surface area contributed by atoms with Crippen LogP contribution in [0, 0.1) is 6.92 Å². The van der Waals surface area contributed by atoms with Crippen LogP contribution in [0.2, 0.25) is 0 Å². The second kappa shape index (κ2) is 8.38. The zero-order chi connectivity index (χ0) is 22.9. The Morgan fingerprint density at radius 2 is 1.79 bits per heavy atom. The van der Waals surface area contributed by atoms with Gasteiger partial charge in [-0.05, 0) is 54.8 Å². The van der Waals surface area contributed by atoms with E-state index in [2.05, 4.69) is 44.4 Å². The molecule has 0 amide bonds. The Hall–Kier alpha value is -4.20. The highest BCUT2D eigenvalue weighted by Gasteiger charge is 2.14. The summed E-state index contributed by atoms with van der Waals surface area (Å²) in [6.45, 7) is 6.23. The molecule has 0 aromatic carbocycles. The number of aromatic nitrogens is 7. The summed E-state index contributed by atoms with van der Waals surface area (Å²) in [5.74, 6) is 1.72. The molecule has 0 atom stereocenters. The average Bonchev–Trinajstić information content (AvgIpc) is 3.20. The normalized spacial score (nSPS) is 11.3. The number of aryl methyl sites for hydroxylation is 2. The Kier molecular flexibility index (Phi) is 5.26. The monoisotopic (exact) mass is 436 g/mol. The molecule has 0 radical (unpaired) electrons. The molecule has 0 saturated heterocycles. The minimum absolute atomic E-state index is 0.371. The number of anilines is 2. The molecule has 0 aliphatic carbocycles. The maximum atomic E-state index is 4.78. The summed E-state index contributed by atoms with van der Waals surface area (Å²) < 4.78 is 1.82. The van der Waals surface area contributed by atoms with E-state index in [1.165, 1.54) is 0 Å². The third-order valence-corrected chi connectivity index (χ3v) is 5.45. The van der Waals surface area contributed by atoms with E-state index in [1.54, 1.807) is 12.4 Å². The second-order valence-corrected chi connectivity index (χ2v) is 8.36. The zero-order valence-electron chi connectivity index (χ0n) is 19.0. The maximum Gasteiger partial charge on any atom is 0.154 e. The third kappa shape index (κ3) is 4.27. The highest BCUT2D eigenvalue weighted by molar-refractivity contribution is 5.86. The van der Waals surface area contributed by atoms with E-state index in [-0.39, 0.29) is 0 Å². The van der Waals surface area contributed by atoms with Gasteiger partial charge in [0.15, 0.2) is 5.82 Å². The van der Waals surface area contributed by atoms with E-state index in [1.807, 2.05) is 67.4 Å². The lowest BCUT2D eigenvalue weighted by atomic mass is 10.0. The standard InChI is InChI=1S/C25H24N8/c1-15(2)18-11-24(31-28-13-18)30-23-6-5-21-22(29-23)10-19(12-27-21)20-14-33(4)32-25(20)17-7-8-26-16(3)9-17/h5-15H,1-4H3,(H,29,30,31). The molecule has 0 saturated carbocycles. The first-order chi connectivity index (χ1) is 16.0. The lowest BCUT2D eigenvalue weighted by Crippen LogP contribution is -2.00. The van der Waals surface area contributed by atoms with Gasteiger partial charge in [-0.3, -0.25) is 14.6 Å². The summed E-state index contributed by atoms with van der Waals surface area (Å²) in [5, 5.41) is 16.2. The Bertz CT molecular complexity index is 1450. The molecule has 0 bridgehead atoms. The first-order valence-corrected chi connectivity index (χ1v) is 10.8. The molecule has 164 valence electrons. The van der Waals surface area contributed by atoms with Crippen molar-refractivity contribution in [1.82, 2.24) is 34.9 Å². The van der Waals surface area contributed by atoms with Crippen LogP contribution in [0.15, 0.2) is 61.2 Å². The fourth-order valence-electron chi connectivity index (χ4n) is 3.72. The van der Waals surface area contributed by atoms with Crippen LogP contribution in [0.5, 0.6) is 0 Å². The van der Waals surface area contributed by atoms with Crippen LogP contribution in [0.3, 0.4) is 0 Å². The van der Waals surface area contributed by atoms with Crippen molar-refractivity contribution in [1.29, 1.82) is 0 Å². The van der Waals surface area contributed by atoms with Gasteiger partial charge in [-0.15, -0.1) is 5.10 Å². The summed E-state index contributed by atoms with van der Waals surface area (Å²) in [5.41, 5.74) is 7.52. The molecule has 5 rings (SSSR count). The van der Waals surface area contributed by atoms with Crippen molar-refractivity contribution in [2.75, 3.05) is 5.32 Å². The van der Waals surface area contributed by atoms with Crippen LogP contribution in [-0.2, 0) is 7.05 Å². The van der Waals surface area contributed by atoms with Crippen molar-refractivity contribution in [2.24, 2.45) is 7.05 Å². The van der Waals surface area contributed by atoms with Crippen LogP contribution in [-0.4, -0.2) is 34.9 Å². The molecule has 5 aromatic heterocycles. The maximum absolute atomic E-state index is 4.78. The number of fused-ring (bicyclic) bond motifs is 1. The van der Waals surface area contributed by atoms with E-state index in [0.29, 0.717) is 17.6 Å². The van der Waals surface area contributed by atoms with Gasteiger partial charge in [0.2, 0.25) is 0 Å². The van der Waals surface area contributed by atoms with Crippen LogP contribution < -0.4 is 5.32 Å². The van der Waals surface area contributed by atoms with Crippen molar-refractivity contribution in [3.63, 3.8) is 0 Å². The lowest BCUT2D eigenvalue weighted by Gasteiger charge is -2.09. The number of pyridine rings is 3. The van der Waals surface area contributed by atoms with Crippen LogP contribution in [0.4, 0.5) is 11.6 Å². The molecule has 1 N–H and O–H groups in total. The molecule has 0 unspecified atom stereocenters. The smallest absolute Gasteiger partial charge is 0.154 e. The molecular weight excluding hydrogens is 412 g/mol. The van der Waals surface area contributed by atoms with Gasteiger partial charge in [0.25, 0.3) is 0 Å². The lowest BCUT2D eigenvalue weighted by molar-refractivity contribution is 0.771. The fourth-order valence-corrected chi connectivity index (χ4v) is 3.72. The molecule has 33 heavy (non-hydrogen) atoms. The van der Waals surface area contributed by atoms with Crippen LogP contribution >= 0.6 is 0 Å². The summed E-state index contributed by atoms with van der Waals surface area (Å²) in [6.07, 6.45) is 7.46. The Balaban J connectivity index is 1.52. The van der Waals surface area contributed by atoms with Gasteiger partial charge in [-0.2, -0.15) is 10.2 Å². The van der Waals surface area contributed by atoms with Gasteiger partial charge in [-0.1, -0.05) is 13.8 Å². The topological polar surface area (TPSA) is 94.3 Å². The van der Waals surface area contributed by atoms with Crippen molar-refractivity contribution in [3.8, 4) is 22.4 Å². The predicted octanol–water partition coefficient (Wildman–Crippen LogP) is 5.06. The SMILES string of the molecule is Cc1cc(-c2nn(C)cc2-c2cnc3ccc(Nc4cc(C(C)C)cnn4)nc3c2)ccn1.